The van der Waals surface area contributed by atoms with E-state index in [0.717, 1.165) is 35.0 Å². The lowest BCUT2D eigenvalue weighted by Crippen LogP contribution is -2.36. The van der Waals surface area contributed by atoms with Crippen LogP contribution in [0.1, 0.15) is 23.6 Å². The number of rotatable bonds is 3. The molecular formula is C18H21N3O2. The van der Waals surface area contributed by atoms with Gasteiger partial charge in [0.25, 0.3) is 0 Å². The van der Waals surface area contributed by atoms with Crippen LogP contribution < -0.4 is 0 Å². The van der Waals surface area contributed by atoms with Crippen molar-refractivity contribution >= 4 is 22.7 Å². The summed E-state index contributed by atoms with van der Waals surface area (Å²) in [6, 6.07) is 8.07. The molecule has 1 saturated heterocycles. The highest BCUT2D eigenvalue weighted by atomic mass is 16.2. The molecule has 1 aromatic carbocycles. The number of nitrogens with one attached hydrogen (secondary N) is 1. The van der Waals surface area contributed by atoms with Crippen molar-refractivity contribution in [2.45, 2.75) is 18.8 Å². The average Bonchev–Trinajstić information content (AvgIpc) is 3.02. The molecule has 23 heavy (non-hydrogen) atoms. The molecule has 5 heteroatoms. The van der Waals surface area contributed by atoms with Crippen LogP contribution in [-0.4, -0.2) is 53.8 Å². The number of imide groups is 1. The van der Waals surface area contributed by atoms with E-state index in [4.69, 9.17) is 0 Å². The first-order chi connectivity index (χ1) is 11.1. The molecule has 0 spiro atoms. The zero-order valence-electron chi connectivity index (χ0n) is 13.5. The number of para-hydroxylation sites is 1. The molecule has 0 saturated carbocycles. The first kappa shape index (κ1) is 14.5. The number of amides is 2. The van der Waals surface area contributed by atoms with Crippen molar-refractivity contribution in [3.05, 3.63) is 35.5 Å². The first-order valence-corrected chi connectivity index (χ1v) is 8.17. The van der Waals surface area contributed by atoms with Gasteiger partial charge in [-0.3, -0.25) is 14.5 Å². The smallest absolute Gasteiger partial charge is 0.237 e. The summed E-state index contributed by atoms with van der Waals surface area (Å²) in [6.07, 6.45) is 1.60. The Kier molecular flexibility index (Phi) is 3.27. The molecule has 2 aromatic rings. The number of aromatic nitrogens is 1. The van der Waals surface area contributed by atoms with Crippen molar-refractivity contribution in [1.82, 2.24) is 14.8 Å². The van der Waals surface area contributed by atoms with Crippen LogP contribution in [0.3, 0.4) is 0 Å². The molecule has 1 aromatic heterocycles. The Morgan fingerprint density at radius 2 is 2.00 bits per heavy atom. The normalized spacial score (nSPS) is 23.7. The van der Waals surface area contributed by atoms with Crippen molar-refractivity contribution in [2.24, 2.45) is 5.92 Å². The fourth-order valence-corrected chi connectivity index (χ4v) is 4.00. The number of likely N-dealkylation sites (N-methyl/N-ethyl adjacent to an activating group) is 1. The number of fused-ring (bicyclic) bond motifs is 5. The number of likely N-dealkylation sites (tertiary alicyclic amines) is 1. The third kappa shape index (κ3) is 2.10. The van der Waals surface area contributed by atoms with Crippen molar-refractivity contribution in [3.8, 4) is 0 Å². The summed E-state index contributed by atoms with van der Waals surface area (Å²) in [5, 5.41) is 1.09. The number of hydrogen-bond acceptors (Lipinski definition) is 3. The molecule has 4 rings (SSSR count). The van der Waals surface area contributed by atoms with E-state index >= 15 is 0 Å². The second-order valence-corrected chi connectivity index (χ2v) is 6.82. The third-order valence-electron chi connectivity index (χ3n) is 5.13. The number of H-pyrrole nitrogens is 1. The van der Waals surface area contributed by atoms with E-state index in [2.05, 4.69) is 4.98 Å². The van der Waals surface area contributed by atoms with Crippen molar-refractivity contribution in [1.29, 1.82) is 0 Å². The van der Waals surface area contributed by atoms with Gasteiger partial charge in [-0.2, -0.15) is 0 Å². The summed E-state index contributed by atoms with van der Waals surface area (Å²) in [4.78, 5) is 32.6. The minimum absolute atomic E-state index is 0.0118. The second kappa shape index (κ2) is 5.20. The van der Waals surface area contributed by atoms with Gasteiger partial charge in [0.2, 0.25) is 11.8 Å². The van der Waals surface area contributed by atoms with Gasteiger partial charge >= 0.3 is 0 Å². The lowest BCUT2D eigenvalue weighted by molar-refractivity contribution is -0.139. The SMILES string of the molecule is CN(C)CCN1C(=O)[C@@H]2CCc3[nH]c4ccccc4c3[C@@H]2C1=O. The van der Waals surface area contributed by atoms with Gasteiger partial charge in [-0.15, -0.1) is 0 Å². The zero-order chi connectivity index (χ0) is 16.1. The van der Waals surface area contributed by atoms with Gasteiger partial charge in [-0.1, -0.05) is 18.2 Å². The number of carbonyl (C=O) groups is 2. The molecule has 0 bridgehead atoms. The number of aryl methyl sites for hydroxylation is 1. The number of nitrogens with zero attached hydrogens (tertiary/aromatic N) is 2. The monoisotopic (exact) mass is 311 g/mol. The predicted molar refractivity (Wildman–Crippen MR) is 88.1 cm³/mol. The molecular weight excluding hydrogens is 290 g/mol. The van der Waals surface area contributed by atoms with Crippen LogP contribution in [0, 0.1) is 5.92 Å². The molecule has 1 N–H and O–H groups in total. The van der Waals surface area contributed by atoms with Crippen LogP contribution in [0.15, 0.2) is 24.3 Å². The van der Waals surface area contributed by atoms with E-state index in [0.29, 0.717) is 13.1 Å². The van der Waals surface area contributed by atoms with Crippen LogP contribution in [0.4, 0.5) is 0 Å². The van der Waals surface area contributed by atoms with Gasteiger partial charge in [0, 0.05) is 29.7 Å². The van der Waals surface area contributed by atoms with Crippen LogP contribution in [0.25, 0.3) is 10.9 Å². The highest BCUT2D eigenvalue weighted by molar-refractivity contribution is 6.10. The molecule has 2 heterocycles. The minimum Gasteiger partial charge on any atom is -0.358 e. The van der Waals surface area contributed by atoms with Crippen molar-refractivity contribution < 1.29 is 9.59 Å². The molecule has 2 aliphatic rings. The zero-order valence-corrected chi connectivity index (χ0v) is 13.5. The van der Waals surface area contributed by atoms with Gasteiger partial charge in [0.1, 0.15) is 0 Å². The Morgan fingerprint density at radius 3 is 2.78 bits per heavy atom. The van der Waals surface area contributed by atoms with E-state index in [1.54, 1.807) is 0 Å². The fraction of sp³-hybridized carbons (Fsp3) is 0.444. The van der Waals surface area contributed by atoms with Crippen molar-refractivity contribution in [3.63, 3.8) is 0 Å². The summed E-state index contributed by atoms with van der Waals surface area (Å²) in [5.74, 6) is -0.494. The van der Waals surface area contributed by atoms with E-state index in [9.17, 15) is 9.59 Å². The average molecular weight is 311 g/mol. The molecule has 1 fully saturated rings. The molecule has 2 amide bonds. The maximum atomic E-state index is 12.9. The quantitative estimate of drug-likeness (QED) is 0.879. The fourth-order valence-electron chi connectivity index (χ4n) is 4.00. The second-order valence-electron chi connectivity index (χ2n) is 6.82. The van der Waals surface area contributed by atoms with Crippen LogP contribution >= 0.6 is 0 Å². The Labute approximate surface area is 135 Å². The van der Waals surface area contributed by atoms with Gasteiger partial charge in [0.15, 0.2) is 0 Å². The lowest BCUT2D eigenvalue weighted by Gasteiger charge is -2.21. The Balaban J connectivity index is 1.76. The number of hydrogen-bond donors (Lipinski definition) is 1. The summed E-state index contributed by atoms with van der Waals surface area (Å²) in [7, 11) is 3.91. The Hall–Kier alpha value is -2.14. The minimum atomic E-state index is -0.301. The Bertz CT molecular complexity index is 793. The molecule has 2 atom stereocenters. The number of benzene rings is 1. The predicted octanol–water partition coefficient (Wildman–Crippen LogP) is 1.74. The Morgan fingerprint density at radius 1 is 1.22 bits per heavy atom. The molecule has 5 nitrogen and oxygen atoms in total. The molecule has 1 aliphatic heterocycles. The summed E-state index contributed by atoms with van der Waals surface area (Å²) < 4.78 is 0. The topological polar surface area (TPSA) is 56.4 Å². The summed E-state index contributed by atoms with van der Waals surface area (Å²) >= 11 is 0. The molecule has 120 valence electrons. The van der Waals surface area contributed by atoms with Crippen LogP contribution in [0.5, 0.6) is 0 Å². The van der Waals surface area contributed by atoms with E-state index in [1.807, 2.05) is 43.3 Å². The molecule has 0 radical (unpaired) electrons. The molecule has 1 aliphatic carbocycles. The highest BCUT2D eigenvalue weighted by Gasteiger charge is 2.51. The van der Waals surface area contributed by atoms with Gasteiger partial charge in [-0.25, -0.2) is 0 Å². The van der Waals surface area contributed by atoms with E-state index in [-0.39, 0.29) is 23.7 Å². The summed E-state index contributed by atoms with van der Waals surface area (Å²) in [6.45, 7) is 1.19. The number of carbonyl (C=O) groups excluding carboxylic acids is 2. The maximum Gasteiger partial charge on any atom is 0.237 e. The van der Waals surface area contributed by atoms with Crippen molar-refractivity contribution in [2.75, 3.05) is 27.2 Å². The molecule has 0 unspecified atom stereocenters. The third-order valence-corrected chi connectivity index (χ3v) is 5.13. The first-order valence-electron chi connectivity index (χ1n) is 8.17. The largest absolute Gasteiger partial charge is 0.358 e. The maximum absolute atomic E-state index is 12.9. The lowest BCUT2D eigenvalue weighted by atomic mass is 9.78. The highest BCUT2D eigenvalue weighted by Crippen LogP contribution is 2.45. The summed E-state index contributed by atoms with van der Waals surface area (Å²) in [5.41, 5.74) is 3.25. The van der Waals surface area contributed by atoms with Gasteiger partial charge in [-0.05, 0) is 38.6 Å². The van der Waals surface area contributed by atoms with Crippen LogP contribution in [0.2, 0.25) is 0 Å². The standard InChI is InChI=1S/C18H21N3O2/c1-20(2)9-10-21-17(22)12-7-8-14-15(16(12)18(21)23)11-5-3-4-6-13(11)19-14/h3-6,12,16,19H,7-10H2,1-2H3/t12-,16-/m1/s1. The van der Waals surface area contributed by atoms with E-state index in [1.165, 1.54) is 4.90 Å². The number of aromatic amines is 1. The van der Waals surface area contributed by atoms with Crippen LogP contribution in [-0.2, 0) is 16.0 Å². The van der Waals surface area contributed by atoms with E-state index < -0.39 is 0 Å². The van der Waals surface area contributed by atoms with Gasteiger partial charge < -0.3 is 9.88 Å². The van der Waals surface area contributed by atoms with Gasteiger partial charge in [0.05, 0.1) is 11.8 Å².